The van der Waals surface area contributed by atoms with Gasteiger partial charge in [0, 0.05) is 33.7 Å². The summed E-state index contributed by atoms with van der Waals surface area (Å²) in [4.78, 5) is 45.4. The van der Waals surface area contributed by atoms with Crippen LogP contribution in [0, 0.1) is 0 Å². The minimum Gasteiger partial charge on any atom is -0.463 e. The van der Waals surface area contributed by atoms with E-state index in [9.17, 15) is 23.6 Å². The van der Waals surface area contributed by atoms with Crippen molar-refractivity contribution >= 4 is 23.8 Å². The Hall–Kier alpha value is -2.27. The number of ether oxygens (including phenoxy) is 4. The van der Waals surface area contributed by atoms with Crippen LogP contribution in [0.15, 0.2) is 0 Å². The van der Waals surface area contributed by atoms with Gasteiger partial charge >= 0.3 is 17.9 Å². The first-order chi connectivity index (χ1) is 12.1. The Morgan fingerprint density at radius 1 is 1.04 bits per heavy atom. The Balaban J connectivity index is 3.07. The van der Waals surface area contributed by atoms with Gasteiger partial charge < -0.3 is 30.0 Å². The molecule has 0 bridgehead atoms. The number of carbonyl (C=O) groups is 4. The number of amides is 1. The molecular weight excluding hydrogens is 355 g/mol. The smallest absolute Gasteiger partial charge is 0.303 e. The summed E-state index contributed by atoms with van der Waals surface area (Å²) < 4.78 is 35.0. The quantitative estimate of drug-likeness (QED) is 0.418. The van der Waals surface area contributed by atoms with Crippen LogP contribution < -0.4 is 11.1 Å². The number of rotatable bonds is 7. The van der Waals surface area contributed by atoms with E-state index in [1.54, 1.807) is 0 Å². The first kappa shape index (κ1) is 21.8. The molecular formula is C15H23FN2O8. The Morgan fingerprint density at radius 2 is 1.62 bits per heavy atom. The summed E-state index contributed by atoms with van der Waals surface area (Å²) in [5.41, 5.74) is 5.27. The molecule has 148 valence electrons. The van der Waals surface area contributed by atoms with Crippen LogP contribution in [0.4, 0.5) is 4.39 Å². The number of hydrogen-bond acceptors (Lipinski definition) is 9. The summed E-state index contributed by atoms with van der Waals surface area (Å²) >= 11 is 0. The zero-order valence-corrected chi connectivity index (χ0v) is 14.7. The highest BCUT2D eigenvalue weighted by Crippen LogP contribution is 2.28. The summed E-state index contributed by atoms with van der Waals surface area (Å²) in [6.07, 6.45) is -7.71. The average molecular weight is 378 g/mol. The van der Waals surface area contributed by atoms with Gasteiger partial charge in [-0.25, -0.2) is 4.39 Å². The third-order valence-corrected chi connectivity index (χ3v) is 3.34. The molecule has 1 saturated heterocycles. The lowest BCUT2D eigenvalue weighted by Crippen LogP contribution is -2.64. The van der Waals surface area contributed by atoms with Gasteiger partial charge in [-0.3, -0.25) is 19.2 Å². The standard InChI is InChI=1S/C15H23FN2O8/c1-7(19)23-6-10-13(24-8(2)20)14(25-9(3)21)12(16)15(26-10)18-11(22)4-5-17/h10,12-15H,4-6,17H2,1-3H3,(H,18,22)/t10-,12-,13-,14-,15-/m1/s1. The first-order valence-electron chi connectivity index (χ1n) is 7.92. The van der Waals surface area contributed by atoms with Crippen molar-refractivity contribution in [3.8, 4) is 0 Å². The van der Waals surface area contributed by atoms with Crippen molar-refractivity contribution in [3.05, 3.63) is 0 Å². The zero-order valence-electron chi connectivity index (χ0n) is 14.7. The van der Waals surface area contributed by atoms with E-state index in [-0.39, 0.29) is 13.0 Å². The van der Waals surface area contributed by atoms with Crippen LogP contribution in [-0.4, -0.2) is 67.7 Å². The Labute approximate surface area is 149 Å². The van der Waals surface area contributed by atoms with E-state index in [4.69, 9.17) is 24.7 Å². The molecule has 5 atom stereocenters. The molecule has 0 radical (unpaired) electrons. The second-order valence-corrected chi connectivity index (χ2v) is 5.60. The van der Waals surface area contributed by atoms with E-state index in [1.807, 2.05) is 0 Å². The van der Waals surface area contributed by atoms with Crippen molar-refractivity contribution in [1.29, 1.82) is 0 Å². The number of nitrogens with one attached hydrogen (secondary N) is 1. The molecule has 26 heavy (non-hydrogen) atoms. The molecule has 3 N–H and O–H groups in total. The maximum atomic E-state index is 14.8. The van der Waals surface area contributed by atoms with Crippen LogP contribution in [0.2, 0.25) is 0 Å². The van der Waals surface area contributed by atoms with Crippen molar-refractivity contribution in [1.82, 2.24) is 5.32 Å². The molecule has 1 aliphatic heterocycles. The van der Waals surface area contributed by atoms with Crippen LogP contribution in [0.1, 0.15) is 27.2 Å². The monoisotopic (exact) mass is 378 g/mol. The fraction of sp³-hybridized carbons (Fsp3) is 0.733. The van der Waals surface area contributed by atoms with Gasteiger partial charge in [0.05, 0.1) is 0 Å². The van der Waals surface area contributed by atoms with E-state index >= 15 is 0 Å². The van der Waals surface area contributed by atoms with Crippen LogP contribution in [0.3, 0.4) is 0 Å². The van der Waals surface area contributed by atoms with Crippen LogP contribution in [0.5, 0.6) is 0 Å². The third kappa shape index (κ3) is 6.56. The molecule has 10 nitrogen and oxygen atoms in total. The Morgan fingerprint density at radius 3 is 2.12 bits per heavy atom. The number of esters is 3. The molecule has 0 aromatic heterocycles. The second kappa shape index (κ2) is 10.0. The molecule has 0 unspecified atom stereocenters. The van der Waals surface area contributed by atoms with Crippen LogP contribution in [0.25, 0.3) is 0 Å². The van der Waals surface area contributed by atoms with E-state index in [0.29, 0.717) is 0 Å². The molecule has 1 fully saturated rings. The molecule has 0 aromatic carbocycles. The average Bonchev–Trinajstić information content (AvgIpc) is 2.51. The third-order valence-electron chi connectivity index (χ3n) is 3.34. The second-order valence-electron chi connectivity index (χ2n) is 5.60. The molecule has 0 aliphatic carbocycles. The molecule has 0 spiro atoms. The van der Waals surface area contributed by atoms with E-state index in [1.165, 1.54) is 0 Å². The molecule has 1 heterocycles. The normalized spacial score (nSPS) is 28.0. The maximum Gasteiger partial charge on any atom is 0.303 e. The van der Waals surface area contributed by atoms with Crippen LogP contribution >= 0.6 is 0 Å². The predicted octanol–water partition coefficient (Wildman–Crippen LogP) is -1.06. The molecule has 1 aliphatic rings. The molecule has 1 rings (SSSR count). The summed E-state index contributed by atoms with van der Waals surface area (Å²) in [7, 11) is 0. The van der Waals surface area contributed by atoms with Crippen molar-refractivity contribution in [2.75, 3.05) is 13.2 Å². The Bertz CT molecular complexity index is 544. The van der Waals surface area contributed by atoms with Gasteiger partial charge in [0.15, 0.2) is 24.6 Å². The van der Waals surface area contributed by atoms with Gasteiger partial charge in [0.2, 0.25) is 5.91 Å². The van der Waals surface area contributed by atoms with Crippen molar-refractivity contribution in [2.45, 2.75) is 57.9 Å². The van der Waals surface area contributed by atoms with Crippen molar-refractivity contribution in [3.63, 3.8) is 0 Å². The molecule has 0 saturated carbocycles. The fourth-order valence-corrected chi connectivity index (χ4v) is 2.37. The first-order valence-corrected chi connectivity index (χ1v) is 7.92. The fourth-order valence-electron chi connectivity index (χ4n) is 2.37. The van der Waals surface area contributed by atoms with Gasteiger partial charge in [-0.15, -0.1) is 0 Å². The number of alkyl halides is 1. The van der Waals surface area contributed by atoms with E-state index in [2.05, 4.69) is 5.32 Å². The molecule has 1 amide bonds. The topological polar surface area (TPSA) is 143 Å². The molecule has 0 aromatic rings. The van der Waals surface area contributed by atoms with Gasteiger partial charge in [-0.05, 0) is 0 Å². The number of nitrogens with two attached hydrogens (primary N) is 1. The number of hydrogen-bond donors (Lipinski definition) is 2. The lowest BCUT2D eigenvalue weighted by molar-refractivity contribution is -0.239. The summed E-state index contributed by atoms with van der Waals surface area (Å²) in [6.45, 7) is 2.91. The number of halogens is 1. The minimum absolute atomic E-state index is 0.0375. The van der Waals surface area contributed by atoms with E-state index in [0.717, 1.165) is 20.8 Å². The van der Waals surface area contributed by atoms with Crippen LogP contribution in [-0.2, 0) is 38.1 Å². The number of carbonyl (C=O) groups excluding carboxylic acids is 4. The highest BCUT2D eigenvalue weighted by Gasteiger charge is 2.51. The molecule has 11 heteroatoms. The highest BCUT2D eigenvalue weighted by atomic mass is 19.1. The van der Waals surface area contributed by atoms with Gasteiger partial charge in [0.25, 0.3) is 0 Å². The largest absolute Gasteiger partial charge is 0.463 e. The lowest BCUT2D eigenvalue weighted by Gasteiger charge is -2.42. The summed E-state index contributed by atoms with van der Waals surface area (Å²) in [6, 6.07) is 0. The summed E-state index contributed by atoms with van der Waals surface area (Å²) in [5, 5.41) is 2.28. The van der Waals surface area contributed by atoms with Crippen molar-refractivity contribution in [2.24, 2.45) is 5.73 Å². The minimum atomic E-state index is -2.03. The summed E-state index contributed by atoms with van der Waals surface area (Å²) in [5.74, 6) is -2.83. The zero-order chi connectivity index (χ0) is 19.9. The van der Waals surface area contributed by atoms with Gasteiger partial charge in [-0.1, -0.05) is 0 Å². The van der Waals surface area contributed by atoms with Gasteiger partial charge in [0.1, 0.15) is 12.7 Å². The predicted molar refractivity (Wildman–Crippen MR) is 83.1 cm³/mol. The maximum absolute atomic E-state index is 14.8. The SMILES string of the molecule is CC(=O)OC[C@H]1O[C@@H](NC(=O)CCN)[C@H](F)[C@@H](OC(C)=O)[C@@H]1OC(C)=O. The lowest BCUT2D eigenvalue weighted by atomic mass is 9.98. The van der Waals surface area contributed by atoms with E-state index < -0.39 is 61.1 Å². The highest BCUT2D eigenvalue weighted by molar-refractivity contribution is 5.76. The van der Waals surface area contributed by atoms with Gasteiger partial charge in [-0.2, -0.15) is 0 Å². The van der Waals surface area contributed by atoms with Crippen molar-refractivity contribution < 1.29 is 42.5 Å². The Kier molecular flexibility index (Phi) is 8.39.